The molecule has 49 heavy (non-hydrogen) atoms. The highest BCUT2D eigenvalue weighted by molar-refractivity contribution is 7.92. The highest BCUT2D eigenvalue weighted by atomic mass is 35.5. The van der Waals surface area contributed by atoms with Gasteiger partial charge in [-0.15, -0.1) is 0 Å². The number of amides is 1. The Bertz CT molecular complexity index is 2070. The largest absolute Gasteiger partial charge is 0.444 e. The number of fused-ring (bicyclic) bond motifs is 1. The summed E-state index contributed by atoms with van der Waals surface area (Å²) in [5.74, 6) is 4.10. The van der Waals surface area contributed by atoms with Crippen LogP contribution in [0.3, 0.4) is 0 Å². The summed E-state index contributed by atoms with van der Waals surface area (Å²) in [5, 5.41) is 18.2. The summed E-state index contributed by atoms with van der Waals surface area (Å²) in [7, 11) is 1.42. The molecule has 0 aliphatic carbocycles. The number of rotatable bonds is 8. The number of alkyl carbamates (subject to hydrolysis) is 1. The van der Waals surface area contributed by atoms with E-state index in [4.69, 9.17) is 21.3 Å². The third kappa shape index (κ3) is 9.59. The van der Waals surface area contributed by atoms with E-state index in [1.54, 1.807) is 65.0 Å². The zero-order chi connectivity index (χ0) is 36.6. The molecule has 262 valence electrons. The number of nitrogens with zero attached hydrogens (tertiary/aromatic N) is 4. The van der Waals surface area contributed by atoms with E-state index in [9.17, 15) is 27.1 Å². The van der Waals surface area contributed by atoms with E-state index in [0.29, 0.717) is 27.7 Å². The van der Waals surface area contributed by atoms with Gasteiger partial charge >= 0.3 is 6.09 Å². The van der Waals surface area contributed by atoms with Crippen molar-refractivity contribution in [2.45, 2.75) is 58.3 Å². The molecule has 4 aromatic rings. The zero-order valence-electron chi connectivity index (χ0n) is 28.7. The van der Waals surface area contributed by atoms with Crippen LogP contribution in [-0.4, -0.2) is 65.9 Å². The predicted molar refractivity (Wildman–Crippen MR) is 187 cm³/mol. The molecule has 0 radical (unpaired) electrons. The molecule has 0 saturated heterocycles. The van der Waals surface area contributed by atoms with Crippen LogP contribution in [0.2, 0.25) is 5.02 Å². The summed E-state index contributed by atoms with van der Waals surface area (Å²) < 4.78 is 62.7. The van der Waals surface area contributed by atoms with Gasteiger partial charge in [0.2, 0.25) is 10.0 Å². The second-order valence-electron chi connectivity index (χ2n) is 13.3. The van der Waals surface area contributed by atoms with Gasteiger partial charge < -0.3 is 20.1 Å². The number of halogens is 3. The van der Waals surface area contributed by atoms with Crippen molar-refractivity contribution in [1.82, 2.24) is 20.1 Å². The van der Waals surface area contributed by atoms with E-state index >= 15 is 0 Å². The molecule has 1 amide bonds. The third-order valence-corrected chi connectivity index (χ3v) is 7.77. The normalized spacial score (nSPS) is 12.7. The van der Waals surface area contributed by atoms with E-state index in [0.717, 1.165) is 24.5 Å². The maximum atomic E-state index is 14.4. The smallest absolute Gasteiger partial charge is 0.408 e. The Balaban J connectivity index is 2.12. The summed E-state index contributed by atoms with van der Waals surface area (Å²) >= 11 is 6.63. The average Bonchev–Trinajstić information content (AvgIpc) is 3.24. The average molecular weight is 717 g/mol. The maximum absolute atomic E-state index is 14.4. The van der Waals surface area contributed by atoms with E-state index in [1.807, 2.05) is 0 Å². The van der Waals surface area contributed by atoms with Crippen LogP contribution >= 0.6 is 11.6 Å². The number of aliphatic hydroxyl groups is 1. The molecule has 0 aliphatic heterocycles. The Labute approximate surface area is 289 Å². The molecule has 0 spiro atoms. The molecule has 2 heterocycles. The van der Waals surface area contributed by atoms with Gasteiger partial charge in [-0.25, -0.2) is 27.0 Å². The lowest BCUT2D eigenvalue weighted by atomic mass is 9.93. The number of aromatic nitrogens is 3. The number of sulfonamides is 1. The molecule has 1 unspecified atom stereocenters. The second kappa shape index (κ2) is 13.8. The summed E-state index contributed by atoms with van der Waals surface area (Å²) in [6.45, 7) is 8.12. The molecule has 15 heteroatoms. The molecular weight excluding hydrogens is 678 g/mol. The minimum absolute atomic E-state index is 0.000484. The summed E-state index contributed by atoms with van der Waals surface area (Å²) in [4.78, 5) is 20.0. The number of carbonyl (C=O) groups excluding carboxylic acids is 1. The van der Waals surface area contributed by atoms with Crippen LogP contribution in [0.1, 0.15) is 57.6 Å². The number of carbonyl (C=O) groups is 1. The maximum Gasteiger partial charge on any atom is 0.408 e. The van der Waals surface area contributed by atoms with Crippen molar-refractivity contribution < 1.29 is 31.8 Å². The van der Waals surface area contributed by atoms with E-state index in [1.165, 1.54) is 18.5 Å². The molecule has 2 aromatic carbocycles. The van der Waals surface area contributed by atoms with Gasteiger partial charge in [-0.1, -0.05) is 23.6 Å². The Hall–Kier alpha value is -4.45. The van der Waals surface area contributed by atoms with Crippen molar-refractivity contribution in [3.63, 3.8) is 0 Å². The first-order chi connectivity index (χ1) is 22.5. The SMILES string of the molecule is CN(C)c1cc(-c2ccc(Cl)c3c(NS(C)(=O)=O)nn(C)c23)c(C(Cc2cc(F)cc(F)c2)NC(=O)OC(C)(C)C)nc1C#CC(C)(C)O. The van der Waals surface area contributed by atoms with Crippen LogP contribution in [-0.2, 0) is 28.2 Å². The van der Waals surface area contributed by atoms with E-state index in [-0.39, 0.29) is 34.2 Å². The lowest BCUT2D eigenvalue weighted by Gasteiger charge is -2.26. The quantitative estimate of drug-likeness (QED) is 0.191. The van der Waals surface area contributed by atoms with Crippen LogP contribution in [0.25, 0.3) is 22.0 Å². The van der Waals surface area contributed by atoms with Crippen LogP contribution < -0.4 is 14.9 Å². The Kier molecular flexibility index (Phi) is 10.5. The number of ether oxygens (including phenoxy) is 1. The number of aryl methyl sites for hydroxylation is 1. The lowest BCUT2D eigenvalue weighted by molar-refractivity contribution is 0.0502. The number of pyridine rings is 1. The first-order valence-electron chi connectivity index (χ1n) is 15.1. The van der Waals surface area contributed by atoms with Gasteiger partial charge in [-0.05, 0) is 76.8 Å². The third-order valence-electron chi connectivity index (χ3n) is 6.89. The molecule has 0 fully saturated rings. The van der Waals surface area contributed by atoms with Crippen molar-refractivity contribution in [2.75, 3.05) is 30.0 Å². The molecule has 11 nitrogen and oxygen atoms in total. The fraction of sp³-hybridized carbons (Fsp3) is 0.382. The standard InChI is InChI=1S/C34H39ClF2N6O5S/c1-33(2,3)48-32(44)39-26(16-19-14-20(36)17-21(37)15-19)29-23(18-27(42(6)7)25(38-29)12-13-34(4,5)45)22-10-11-24(35)28-30(22)43(8)40-31(28)41-49(9,46)47/h10-11,14-15,17-18,26,45H,16H2,1-9H3,(H,39,44)(H,40,41). The van der Waals surface area contributed by atoms with Gasteiger partial charge in [-0.3, -0.25) is 9.40 Å². The van der Waals surface area contributed by atoms with E-state index in [2.05, 4.69) is 27.0 Å². The number of hydrogen-bond acceptors (Lipinski definition) is 8. The van der Waals surface area contributed by atoms with Gasteiger partial charge in [0, 0.05) is 38.3 Å². The highest BCUT2D eigenvalue weighted by Crippen LogP contribution is 2.41. The van der Waals surface area contributed by atoms with Crippen LogP contribution in [0.15, 0.2) is 36.4 Å². The molecule has 2 aromatic heterocycles. The Morgan fingerprint density at radius 3 is 2.29 bits per heavy atom. The van der Waals surface area contributed by atoms with Gasteiger partial charge in [0.05, 0.1) is 39.6 Å². The highest BCUT2D eigenvalue weighted by Gasteiger charge is 2.29. The molecule has 0 bridgehead atoms. The van der Waals surface area contributed by atoms with Gasteiger partial charge in [-0.2, -0.15) is 5.10 Å². The summed E-state index contributed by atoms with van der Waals surface area (Å²) in [5.41, 5.74) is 0.304. The van der Waals surface area contributed by atoms with Crippen LogP contribution in [0.4, 0.5) is 25.1 Å². The fourth-order valence-electron chi connectivity index (χ4n) is 5.12. The predicted octanol–water partition coefficient (Wildman–Crippen LogP) is 5.94. The first-order valence-corrected chi connectivity index (χ1v) is 17.3. The van der Waals surface area contributed by atoms with Crippen molar-refractivity contribution in [3.05, 3.63) is 70.0 Å². The van der Waals surface area contributed by atoms with Crippen molar-refractivity contribution in [1.29, 1.82) is 0 Å². The van der Waals surface area contributed by atoms with Crippen molar-refractivity contribution >= 4 is 50.1 Å². The van der Waals surface area contributed by atoms with Gasteiger partial charge in [0.15, 0.2) is 5.82 Å². The van der Waals surface area contributed by atoms with Gasteiger partial charge in [0.25, 0.3) is 0 Å². The van der Waals surface area contributed by atoms with Crippen LogP contribution in [0.5, 0.6) is 0 Å². The van der Waals surface area contributed by atoms with Crippen molar-refractivity contribution in [2.24, 2.45) is 7.05 Å². The molecule has 0 aliphatic rings. The Morgan fingerprint density at radius 1 is 1.10 bits per heavy atom. The fourth-order valence-corrected chi connectivity index (χ4v) is 5.85. The van der Waals surface area contributed by atoms with Crippen LogP contribution in [0, 0.1) is 23.5 Å². The van der Waals surface area contributed by atoms with E-state index < -0.39 is 45.0 Å². The summed E-state index contributed by atoms with van der Waals surface area (Å²) in [6.07, 6.45) is 0.0485. The molecule has 0 saturated carbocycles. The summed E-state index contributed by atoms with van der Waals surface area (Å²) in [6, 6.07) is 7.04. The molecular formula is C34H39ClF2N6O5S. The number of anilines is 2. The number of nitrogens with one attached hydrogen (secondary N) is 2. The Morgan fingerprint density at radius 2 is 1.73 bits per heavy atom. The first kappa shape index (κ1) is 37.4. The lowest BCUT2D eigenvalue weighted by Crippen LogP contribution is -2.36. The minimum atomic E-state index is -3.75. The zero-order valence-corrected chi connectivity index (χ0v) is 30.2. The number of benzene rings is 2. The van der Waals surface area contributed by atoms with Crippen molar-refractivity contribution in [3.8, 4) is 23.0 Å². The second-order valence-corrected chi connectivity index (χ2v) is 15.5. The minimum Gasteiger partial charge on any atom is -0.444 e. The monoisotopic (exact) mass is 716 g/mol. The molecule has 4 rings (SSSR count). The number of hydrogen-bond donors (Lipinski definition) is 3. The molecule has 3 N–H and O–H groups in total. The van der Waals surface area contributed by atoms with Gasteiger partial charge in [0.1, 0.15) is 28.5 Å². The topological polar surface area (TPSA) is 139 Å². The molecule has 1 atom stereocenters.